The molecule has 0 radical (unpaired) electrons. The standard InChI is InChI=1S/C16H18ClN3O/c1-4-20(14-8-6-5-7-11(14)2)16(21)12-9-15(18-3)19-10-13(12)17/h5-10H,4H2,1-3H3,(H,18,19). The van der Waals surface area contributed by atoms with Gasteiger partial charge in [-0.3, -0.25) is 4.79 Å². The van der Waals surface area contributed by atoms with Gasteiger partial charge in [-0.2, -0.15) is 0 Å². The molecule has 1 N–H and O–H groups in total. The van der Waals surface area contributed by atoms with E-state index in [9.17, 15) is 4.79 Å². The average Bonchev–Trinajstić information content (AvgIpc) is 2.50. The van der Waals surface area contributed by atoms with Crippen LogP contribution in [0, 0.1) is 6.92 Å². The third-order valence-electron chi connectivity index (χ3n) is 3.31. The van der Waals surface area contributed by atoms with Crippen LogP contribution < -0.4 is 10.2 Å². The largest absolute Gasteiger partial charge is 0.373 e. The Labute approximate surface area is 129 Å². The minimum Gasteiger partial charge on any atom is -0.373 e. The maximum atomic E-state index is 12.8. The van der Waals surface area contributed by atoms with Crippen LogP contribution in [0.4, 0.5) is 11.5 Å². The number of benzene rings is 1. The van der Waals surface area contributed by atoms with Crippen LogP contribution in [0.2, 0.25) is 5.02 Å². The number of hydrogen-bond donors (Lipinski definition) is 1. The van der Waals surface area contributed by atoms with Gasteiger partial charge in [-0.1, -0.05) is 29.8 Å². The molecule has 0 bridgehead atoms. The molecule has 0 unspecified atom stereocenters. The van der Waals surface area contributed by atoms with Crippen LogP contribution in [-0.2, 0) is 0 Å². The molecule has 0 aliphatic rings. The lowest BCUT2D eigenvalue weighted by molar-refractivity contribution is 0.0988. The van der Waals surface area contributed by atoms with E-state index in [1.165, 1.54) is 6.20 Å². The number of rotatable bonds is 4. The maximum absolute atomic E-state index is 12.8. The zero-order valence-electron chi connectivity index (χ0n) is 12.4. The van der Waals surface area contributed by atoms with Gasteiger partial charge in [0.25, 0.3) is 5.91 Å². The first-order valence-corrected chi connectivity index (χ1v) is 7.17. The Balaban J connectivity index is 2.44. The van der Waals surface area contributed by atoms with Gasteiger partial charge in [-0.05, 0) is 31.5 Å². The molecular formula is C16H18ClN3O. The minimum absolute atomic E-state index is 0.129. The number of carbonyl (C=O) groups excluding carboxylic acids is 1. The van der Waals surface area contributed by atoms with Gasteiger partial charge in [0.05, 0.1) is 10.6 Å². The van der Waals surface area contributed by atoms with Crippen molar-refractivity contribution in [3.63, 3.8) is 0 Å². The molecule has 0 saturated carbocycles. The van der Waals surface area contributed by atoms with Crippen molar-refractivity contribution in [1.29, 1.82) is 0 Å². The van der Waals surface area contributed by atoms with E-state index in [1.54, 1.807) is 18.0 Å². The predicted molar refractivity (Wildman–Crippen MR) is 87.3 cm³/mol. The molecule has 0 saturated heterocycles. The molecule has 0 aliphatic carbocycles. The van der Waals surface area contributed by atoms with Gasteiger partial charge in [-0.25, -0.2) is 4.98 Å². The van der Waals surface area contributed by atoms with E-state index in [0.29, 0.717) is 22.9 Å². The van der Waals surface area contributed by atoms with Crippen molar-refractivity contribution < 1.29 is 4.79 Å². The number of aryl methyl sites for hydroxylation is 1. The number of para-hydroxylation sites is 1. The topological polar surface area (TPSA) is 45.2 Å². The van der Waals surface area contributed by atoms with Crippen LogP contribution >= 0.6 is 11.6 Å². The van der Waals surface area contributed by atoms with E-state index in [1.807, 2.05) is 38.1 Å². The van der Waals surface area contributed by atoms with Crippen LogP contribution in [0.1, 0.15) is 22.8 Å². The summed E-state index contributed by atoms with van der Waals surface area (Å²) in [6.45, 7) is 4.49. The van der Waals surface area contributed by atoms with Crippen molar-refractivity contribution in [2.24, 2.45) is 0 Å². The first kappa shape index (κ1) is 15.3. The summed E-state index contributed by atoms with van der Waals surface area (Å²) < 4.78 is 0. The fourth-order valence-corrected chi connectivity index (χ4v) is 2.36. The van der Waals surface area contributed by atoms with Gasteiger partial charge in [0.1, 0.15) is 5.82 Å². The van der Waals surface area contributed by atoms with Crippen molar-refractivity contribution >= 4 is 29.0 Å². The summed E-state index contributed by atoms with van der Waals surface area (Å²) in [5.74, 6) is 0.485. The molecule has 110 valence electrons. The minimum atomic E-state index is -0.129. The lowest BCUT2D eigenvalue weighted by Crippen LogP contribution is -2.31. The molecule has 0 spiro atoms. The van der Waals surface area contributed by atoms with Crippen molar-refractivity contribution in [3.05, 3.63) is 52.7 Å². The first-order valence-electron chi connectivity index (χ1n) is 6.79. The highest BCUT2D eigenvalue weighted by Gasteiger charge is 2.20. The number of hydrogen-bond acceptors (Lipinski definition) is 3. The molecular weight excluding hydrogens is 286 g/mol. The molecule has 2 aromatic rings. The third-order valence-corrected chi connectivity index (χ3v) is 3.61. The van der Waals surface area contributed by atoms with Crippen LogP contribution in [0.25, 0.3) is 0 Å². The number of carbonyl (C=O) groups is 1. The predicted octanol–water partition coefficient (Wildman–Crippen LogP) is 3.75. The summed E-state index contributed by atoms with van der Waals surface area (Å²) in [4.78, 5) is 18.6. The summed E-state index contributed by atoms with van der Waals surface area (Å²) in [6.07, 6.45) is 1.49. The molecule has 1 amide bonds. The van der Waals surface area contributed by atoms with Gasteiger partial charge < -0.3 is 10.2 Å². The Morgan fingerprint density at radius 3 is 2.71 bits per heavy atom. The molecule has 1 aromatic heterocycles. The first-order chi connectivity index (χ1) is 10.1. The number of aromatic nitrogens is 1. The van der Waals surface area contributed by atoms with E-state index in [0.717, 1.165) is 11.3 Å². The Morgan fingerprint density at radius 2 is 2.10 bits per heavy atom. The fraction of sp³-hybridized carbons (Fsp3) is 0.250. The van der Waals surface area contributed by atoms with Crippen molar-refractivity contribution in [1.82, 2.24) is 4.98 Å². The maximum Gasteiger partial charge on any atom is 0.259 e. The van der Waals surface area contributed by atoms with Gasteiger partial charge >= 0.3 is 0 Å². The zero-order valence-corrected chi connectivity index (χ0v) is 13.1. The van der Waals surface area contributed by atoms with Gasteiger partial charge in [0, 0.05) is 25.5 Å². The Morgan fingerprint density at radius 1 is 1.38 bits per heavy atom. The highest BCUT2D eigenvalue weighted by Crippen LogP contribution is 2.25. The number of amides is 1. The molecule has 0 aliphatic heterocycles. The molecule has 0 fully saturated rings. The van der Waals surface area contributed by atoms with Crippen LogP contribution in [0.3, 0.4) is 0 Å². The van der Waals surface area contributed by atoms with E-state index in [4.69, 9.17) is 11.6 Å². The van der Waals surface area contributed by atoms with Crippen LogP contribution in [0.5, 0.6) is 0 Å². The van der Waals surface area contributed by atoms with E-state index in [2.05, 4.69) is 10.3 Å². The number of halogens is 1. The van der Waals surface area contributed by atoms with Gasteiger partial charge in [0.2, 0.25) is 0 Å². The second-order valence-electron chi connectivity index (χ2n) is 4.64. The summed E-state index contributed by atoms with van der Waals surface area (Å²) in [6, 6.07) is 9.47. The number of nitrogens with one attached hydrogen (secondary N) is 1. The molecule has 1 aromatic carbocycles. The Bertz CT molecular complexity index is 658. The lowest BCUT2D eigenvalue weighted by atomic mass is 10.1. The molecule has 21 heavy (non-hydrogen) atoms. The van der Waals surface area contributed by atoms with E-state index >= 15 is 0 Å². The molecule has 5 heteroatoms. The number of anilines is 2. The zero-order chi connectivity index (χ0) is 15.4. The molecule has 1 heterocycles. The monoisotopic (exact) mass is 303 g/mol. The number of nitrogens with zero attached hydrogens (tertiary/aromatic N) is 2. The Hall–Kier alpha value is -2.07. The smallest absolute Gasteiger partial charge is 0.259 e. The summed E-state index contributed by atoms with van der Waals surface area (Å²) in [7, 11) is 1.75. The lowest BCUT2D eigenvalue weighted by Gasteiger charge is -2.23. The molecule has 2 rings (SSSR count). The molecule has 4 nitrogen and oxygen atoms in total. The summed E-state index contributed by atoms with van der Waals surface area (Å²) in [5, 5.41) is 3.27. The van der Waals surface area contributed by atoms with E-state index < -0.39 is 0 Å². The van der Waals surface area contributed by atoms with Crippen LogP contribution in [0.15, 0.2) is 36.5 Å². The summed E-state index contributed by atoms with van der Waals surface area (Å²) >= 11 is 6.14. The summed E-state index contributed by atoms with van der Waals surface area (Å²) in [5.41, 5.74) is 2.39. The van der Waals surface area contributed by atoms with Crippen LogP contribution in [-0.4, -0.2) is 24.5 Å². The van der Waals surface area contributed by atoms with Gasteiger partial charge in [0.15, 0.2) is 0 Å². The number of pyridine rings is 1. The second kappa shape index (κ2) is 6.59. The Kier molecular flexibility index (Phi) is 4.81. The normalized spacial score (nSPS) is 10.3. The SMILES string of the molecule is CCN(C(=O)c1cc(NC)ncc1Cl)c1ccccc1C. The van der Waals surface area contributed by atoms with Crippen molar-refractivity contribution in [2.75, 3.05) is 23.8 Å². The quantitative estimate of drug-likeness (QED) is 0.935. The van der Waals surface area contributed by atoms with Crippen molar-refractivity contribution in [2.45, 2.75) is 13.8 Å². The third kappa shape index (κ3) is 3.16. The van der Waals surface area contributed by atoms with Crippen molar-refractivity contribution in [3.8, 4) is 0 Å². The molecule has 0 atom stereocenters. The highest BCUT2D eigenvalue weighted by molar-refractivity contribution is 6.34. The highest BCUT2D eigenvalue weighted by atomic mass is 35.5. The van der Waals surface area contributed by atoms with E-state index in [-0.39, 0.29) is 5.91 Å². The van der Waals surface area contributed by atoms with Gasteiger partial charge in [-0.15, -0.1) is 0 Å². The average molecular weight is 304 g/mol. The fourth-order valence-electron chi connectivity index (χ4n) is 2.17. The second-order valence-corrected chi connectivity index (χ2v) is 5.04.